The molecule has 3 nitrogen and oxygen atoms in total. The number of nitrogen functional groups attached to an aromatic ring is 1. The van der Waals surface area contributed by atoms with Crippen molar-refractivity contribution in [3.05, 3.63) is 40.4 Å². The van der Waals surface area contributed by atoms with Crippen molar-refractivity contribution in [2.75, 3.05) is 5.73 Å². The Balaban J connectivity index is 2.64. The molecule has 0 aliphatic heterocycles. The van der Waals surface area contributed by atoms with Crippen LogP contribution in [0.5, 0.6) is 0 Å². The molecule has 2 aromatic rings. The van der Waals surface area contributed by atoms with Crippen LogP contribution in [-0.2, 0) is 0 Å². The summed E-state index contributed by atoms with van der Waals surface area (Å²) >= 11 is 5.72. The number of hydrogen-bond donors (Lipinski definition) is 1. The lowest BCUT2D eigenvalue weighted by Gasteiger charge is -2.08. The van der Waals surface area contributed by atoms with Crippen LogP contribution in [0.3, 0.4) is 0 Å². The van der Waals surface area contributed by atoms with E-state index in [-0.39, 0.29) is 5.02 Å². The fourth-order valence-corrected chi connectivity index (χ4v) is 1.77. The number of hydrogen-bond acceptors (Lipinski definition) is 2. The second kappa shape index (κ2) is 3.79. The van der Waals surface area contributed by atoms with E-state index in [9.17, 15) is 4.39 Å². The number of nitrogens with two attached hydrogens (primary N) is 1. The van der Waals surface area contributed by atoms with E-state index in [1.165, 1.54) is 12.1 Å². The lowest BCUT2D eigenvalue weighted by Crippen LogP contribution is -2.04. The van der Waals surface area contributed by atoms with Crippen LogP contribution in [0.15, 0.2) is 18.2 Å². The zero-order valence-electron chi connectivity index (χ0n) is 8.96. The van der Waals surface area contributed by atoms with Gasteiger partial charge in [0, 0.05) is 11.8 Å². The fourth-order valence-electron chi connectivity index (χ4n) is 1.61. The van der Waals surface area contributed by atoms with Crippen LogP contribution in [0.25, 0.3) is 5.69 Å². The maximum Gasteiger partial charge on any atom is 0.143 e. The molecule has 0 aliphatic rings. The average Bonchev–Trinajstić information content (AvgIpc) is 2.51. The van der Waals surface area contributed by atoms with Gasteiger partial charge >= 0.3 is 0 Å². The van der Waals surface area contributed by atoms with Crippen molar-refractivity contribution >= 4 is 17.3 Å². The first kappa shape index (κ1) is 11.0. The van der Waals surface area contributed by atoms with Crippen molar-refractivity contribution in [2.24, 2.45) is 0 Å². The molecule has 1 aromatic heterocycles. The summed E-state index contributed by atoms with van der Waals surface area (Å²) in [6.45, 7) is 3.78. The first-order chi connectivity index (χ1) is 7.49. The maximum atomic E-state index is 13.1. The smallest absolute Gasteiger partial charge is 0.143 e. The molecule has 0 radical (unpaired) electrons. The van der Waals surface area contributed by atoms with E-state index in [0.29, 0.717) is 11.4 Å². The summed E-state index contributed by atoms with van der Waals surface area (Å²) in [6, 6.07) is 4.59. The molecule has 2 N–H and O–H groups in total. The molecule has 0 bridgehead atoms. The molecular weight excluding hydrogens is 229 g/mol. The highest BCUT2D eigenvalue weighted by Gasteiger charge is 2.10. The van der Waals surface area contributed by atoms with Crippen LogP contribution in [-0.4, -0.2) is 9.78 Å². The predicted molar refractivity (Wildman–Crippen MR) is 62.4 cm³/mol. The summed E-state index contributed by atoms with van der Waals surface area (Å²) in [5, 5.41) is 4.31. The molecule has 5 heteroatoms. The largest absolute Gasteiger partial charge is 0.397 e. The Morgan fingerprint density at radius 3 is 2.56 bits per heavy atom. The van der Waals surface area contributed by atoms with Gasteiger partial charge in [-0.3, -0.25) is 0 Å². The molecule has 0 unspecified atom stereocenters. The zero-order chi connectivity index (χ0) is 11.9. The van der Waals surface area contributed by atoms with Crippen molar-refractivity contribution in [1.82, 2.24) is 9.78 Å². The topological polar surface area (TPSA) is 43.8 Å². The van der Waals surface area contributed by atoms with E-state index in [4.69, 9.17) is 17.3 Å². The Labute approximate surface area is 97.6 Å². The van der Waals surface area contributed by atoms with Crippen molar-refractivity contribution in [3.63, 3.8) is 0 Å². The highest BCUT2D eigenvalue weighted by atomic mass is 35.5. The van der Waals surface area contributed by atoms with Crippen LogP contribution in [0, 0.1) is 19.7 Å². The van der Waals surface area contributed by atoms with Gasteiger partial charge in [0.2, 0.25) is 0 Å². The molecule has 2 rings (SSSR count). The van der Waals surface area contributed by atoms with Crippen molar-refractivity contribution < 1.29 is 4.39 Å². The third-order valence-electron chi connectivity index (χ3n) is 2.31. The first-order valence-corrected chi connectivity index (χ1v) is 5.15. The molecule has 0 saturated carbocycles. The molecule has 0 atom stereocenters. The third kappa shape index (κ3) is 1.76. The minimum absolute atomic E-state index is 0.0387. The van der Waals surface area contributed by atoms with Gasteiger partial charge in [0.25, 0.3) is 0 Å². The molecule has 0 amide bonds. The highest BCUT2D eigenvalue weighted by Crippen LogP contribution is 2.25. The van der Waals surface area contributed by atoms with Crippen molar-refractivity contribution in [2.45, 2.75) is 13.8 Å². The van der Waals surface area contributed by atoms with Gasteiger partial charge in [0.05, 0.1) is 22.1 Å². The van der Waals surface area contributed by atoms with Crippen LogP contribution in [0.2, 0.25) is 5.02 Å². The molecular formula is C11H11ClFN3. The second-order valence-corrected chi connectivity index (χ2v) is 4.07. The summed E-state index contributed by atoms with van der Waals surface area (Å²) in [7, 11) is 0. The lowest BCUT2D eigenvalue weighted by molar-refractivity contribution is 0.628. The second-order valence-electron chi connectivity index (χ2n) is 3.66. The molecule has 0 aliphatic carbocycles. The Morgan fingerprint density at radius 1 is 1.31 bits per heavy atom. The van der Waals surface area contributed by atoms with E-state index in [2.05, 4.69) is 5.10 Å². The average molecular weight is 240 g/mol. The van der Waals surface area contributed by atoms with E-state index in [0.717, 1.165) is 11.4 Å². The van der Waals surface area contributed by atoms with Crippen molar-refractivity contribution in [1.29, 1.82) is 0 Å². The van der Waals surface area contributed by atoms with Gasteiger partial charge < -0.3 is 5.73 Å². The van der Waals surface area contributed by atoms with Gasteiger partial charge in [-0.1, -0.05) is 11.6 Å². The van der Waals surface area contributed by atoms with E-state index in [1.807, 2.05) is 19.9 Å². The van der Waals surface area contributed by atoms with Crippen LogP contribution in [0.4, 0.5) is 10.1 Å². The summed E-state index contributed by atoms with van der Waals surface area (Å²) in [5.41, 5.74) is 8.44. The number of aromatic nitrogens is 2. The Bertz CT molecular complexity index is 548. The third-order valence-corrected chi connectivity index (χ3v) is 2.60. The summed E-state index contributed by atoms with van der Waals surface area (Å²) < 4.78 is 14.8. The summed E-state index contributed by atoms with van der Waals surface area (Å²) in [4.78, 5) is 0. The number of benzene rings is 1. The van der Waals surface area contributed by atoms with Gasteiger partial charge in [-0.05, 0) is 26.0 Å². The number of nitrogens with zero attached hydrogens (tertiary/aromatic N) is 2. The number of rotatable bonds is 1. The molecule has 16 heavy (non-hydrogen) atoms. The first-order valence-electron chi connectivity index (χ1n) is 4.77. The molecule has 0 spiro atoms. The molecule has 1 aromatic carbocycles. The highest BCUT2D eigenvalue weighted by molar-refractivity contribution is 6.31. The molecule has 1 heterocycles. The van der Waals surface area contributed by atoms with Crippen molar-refractivity contribution in [3.8, 4) is 5.69 Å². The fraction of sp³-hybridized carbons (Fsp3) is 0.182. The van der Waals surface area contributed by atoms with Gasteiger partial charge in [0.1, 0.15) is 5.82 Å². The summed E-state index contributed by atoms with van der Waals surface area (Å²) in [6.07, 6.45) is 0. The Kier molecular flexibility index (Phi) is 2.59. The minimum Gasteiger partial charge on any atom is -0.397 e. The lowest BCUT2D eigenvalue weighted by atomic mass is 10.2. The number of anilines is 1. The van der Waals surface area contributed by atoms with E-state index >= 15 is 0 Å². The van der Waals surface area contributed by atoms with Gasteiger partial charge in [0.15, 0.2) is 0 Å². The molecule has 0 saturated heterocycles. The number of aryl methyl sites for hydroxylation is 2. The number of halogens is 2. The molecule has 0 fully saturated rings. The normalized spacial score (nSPS) is 10.8. The Hall–Kier alpha value is -1.55. The zero-order valence-corrected chi connectivity index (χ0v) is 9.72. The van der Waals surface area contributed by atoms with Crippen LogP contribution < -0.4 is 5.73 Å². The predicted octanol–water partition coefficient (Wildman–Crippen LogP) is 2.86. The van der Waals surface area contributed by atoms with Gasteiger partial charge in [-0.2, -0.15) is 5.10 Å². The van der Waals surface area contributed by atoms with E-state index < -0.39 is 5.82 Å². The minimum atomic E-state index is -0.524. The summed E-state index contributed by atoms with van der Waals surface area (Å²) in [5.74, 6) is -0.524. The van der Waals surface area contributed by atoms with Gasteiger partial charge in [-0.15, -0.1) is 0 Å². The quantitative estimate of drug-likeness (QED) is 0.778. The van der Waals surface area contributed by atoms with Crippen LogP contribution in [0.1, 0.15) is 11.4 Å². The van der Waals surface area contributed by atoms with E-state index in [1.54, 1.807) is 4.68 Å². The van der Waals surface area contributed by atoms with Gasteiger partial charge in [-0.25, -0.2) is 9.07 Å². The Morgan fingerprint density at radius 2 is 2.00 bits per heavy atom. The maximum absolute atomic E-state index is 13.1. The van der Waals surface area contributed by atoms with Crippen LogP contribution >= 0.6 is 11.6 Å². The standard InChI is InChI=1S/C11H11ClFN3/c1-6-3-7(2)16(15-6)11-4-8(12)9(13)5-10(11)14/h3-5H,14H2,1-2H3. The SMILES string of the molecule is Cc1cc(C)n(-c2cc(Cl)c(F)cc2N)n1. The molecule has 84 valence electrons. The monoisotopic (exact) mass is 239 g/mol.